The number of carbonyl (C=O) groups is 1. The number of benzene rings is 1. The zero-order chi connectivity index (χ0) is 24.7. The molecule has 0 unspecified atom stereocenters. The van der Waals surface area contributed by atoms with E-state index < -0.39 is 32.2 Å². The van der Waals surface area contributed by atoms with Gasteiger partial charge in [-0.05, 0) is 75.3 Å². The Bertz CT molecular complexity index is 1200. The molecule has 0 bridgehead atoms. The van der Waals surface area contributed by atoms with Crippen LogP contribution in [-0.4, -0.2) is 49.7 Å². The van der Waals surface area contributed by atoms with Crippen LogP contribution < -0.4 is 20.7 Å². The zero-order valence-corrected chi connectivity index (χ0v) is 20.1. The second kappa shape index (κ2) is 8.79. The number of nitrogens with one attached hydrogen (secondary N) is 2. The van der Waals surface area contributed by atoms with Gasteiger partial charge in [-0.3, -0.25) is 4.79 Å². The highest BCUT2D eigenvalue weighted by Gasteiger charge is 2.45. The summed E-state index contributed by atoms with van der Waals surface area (Å²) in [6.45, 7) is 5.11. The molecule has 1 aliphatic heterocycles. The van der Waals surface area contributed by atoms with Gasteiger partial charge in [-0.2, -0.15) is 0 Å². The van der Waals surface area contributed by atoms with Crippen LogP contribution in [-0.2, 0) is 10.0 Å². The minimum atomic E-state index is -4.29. The molecule has 1 aromatic heterocycles. The van der Waals surface area contributed by atoms with Crippen LogP contribution in [0.1, 0.15) is 49.9 Å². The number of sulfonamides is 1. The number of aliphatic hydroxyl groups excluding tert-OH is 1. The standard InChI is InChI=1S/C23H30FN5O4S/c1-22(2,14-30)28-19-6-4-16(20(27-19)29-11-9-23(7-8-23)10-12-29)21(31)26-15-3-5-17(24)18(13-15)34(25,32)33/h3-6,13,30H,7-12,14H2,1-2H3,(H,26,31)(H,27,28)(H2,25,32,33). The average molecular weight is 492 g/mol. The molecule has 2 heterocycles. The fourth-order valence-electron chi connectivity index (χ4n) is 4.19. The van der Waals surface area contributed by atoms with Crippen LogP contribution in [0.15, 0.2) is 35.2 Å². The lowest BCUT2D eigenvalue weighted by molar-refractivity contribution is 0.102. The Morgan fingerprint density at radius 2 is 1.88 bits per heavy atom. The maximum absolute atomic E-state index is 13.9. The normalized spacial score (nSPS) is 17.5. The molecular formula is C23H30FN5O4S. The smallest absolute Gasteiger partial charge is 0.259 e. The third-order valence-electron chi connectivity index (χ3n) is 6.56. The summed E-state index contributed by atoms with van der Waals surface area (Å²) < 4.78 is 37.2. The number of piperidine rings is 1. The summed E-state index contributed by atoms with van der Waals surface area (Å²) in [7, 11) is -4.29. The maximum Gasteiger partial charge on any atom is 0.259 e. The number of rotatable bonds is 7. The first kappa shape index (κ1) is 24.4. The van der Waals surface area contributed by atoms with Crippen molar-refractivity contribution in [2.24, 2.45) is 10.6 Å². The molecule has 184 valence electrons. The van der Waals surface area contributed by atoms with Gasteiger partial charge in [0.1, 0.15) is 22.3 Å². The number of nitrogens with zero attached hydrogens (tertiary/aromatic N) is 2. The van der Waals surface area contributed by atoms with Crippen LogP contribution in [0.2, 0.25) is 0 Å². The molecule has 2 aliphatic rings. The number of hydrogen-bond donors (Lipinski definition) is 4. The van der Waals surface area contributed by atoms with E-state index in [4.69, 9.17) is 10.1 Å². The molecule has 1 aromatic carbocycles. The zero-order valence-electron chi connectivity index (χ0n) is 19.3. The molecule has 0 atom stereocenters. The SMILES string of the molecule is CC(C)(CO)Nc1ccc(C(=O)Nc2ccc(F)c(S(N)(=O)=O)c2)c(N2CCC3(CC2)CC3)n1. The minimum absolute atomic E-state index is 0.0977. The van der Waals surface area contributed by atoms with E-state index >= 15 is 0 Å². The Hall–Kier alpha value is -2.76. The van der Waals surface area contributed by atoms with Gasteiger partial charge in [-0.25, -0.2) is 22.9 Å². The molecule has 1 spiro atoms. The first-order valence-electron chi connectivity index (χ1n) is 11.2. The summed E-state index contributed by atoms with van der Waals surface area (Å²) in [4.78, 5) is 19.3. The predicted octanol–water partition coefficient (Wildman–Crippen LogP) is 2.68. The molecule has 9 nitrogen and oxygen atoms in total. The Balaban J connectivity index is 1.64. The average Bonchev–Trinajstić information content (AvgIpc) is 3.53. The van der Waals surface area contributed by atoms with Crippen LogP contribution in [0.4, 0.5) is 21.7 Å². The van der Waals surface area contributed by atoms with Crippen LogP contribution >= 0.6 is 0 Å². The first-order valence-corrected chi connectivity index (χ1v) is 12.7. The number of aromatic nitrogens is 1. The maximum atomic E-state index is 13.9. The van der Waals surface area contributed by atoms with Crippen molar-refractivity contribution in [2.75, 3.05) is 35.2 Å². The Morgan fingerprint density at radius 1 is 1.21 bits per heavy atom. The summed E-state index contributed by atoms with van der Waals surface area (Å²) in [5.74, 6) is -0.475. The highest BCUT2D eigenvalue weighted by atomic mass is 32.2. The number of primary sulfonamides is 1. The van der Waals surface area contributed by atoms with Crippen molar-refractivity contribution in [3.63, 3.8) is 0 Å². The monoisotopic (exact) mass is 491 g/mol. The topological polar surface area (TPSA) is 138 Å². The van der Waals surface area contributed by atoms with Crippen molar-refractivity contribution < 1.29 is 22.7 Å². The van der Waals surface area contributed by atoms with E-state index in [0.717, 1.165) is 38.1 Å². The molecule has 1 saturated carbocycles. The van der Waals surface area contributed by atoms with Crippen LogP contribution in [0.5, 0.6) is 0 Å². The van der Waals surface area contributed by atoms with Crippen molar-refractivity contribution >= 4 is 33.3 Å². The van der Waals surface area contributed by atoms with E-state index in [0.29, 0.717) is 22.6 Å². The van der Waals surface area contributed by atoms with Gasteiger partial charge in [0.05, 0.1) is 17.7 Å². The van der Waals surface area contributed by atoms with Crippen LogP contribution in [0.3, 0.4) is 0 Å². The molecule has 2 fully saturated rings. The lowest BCUT2D eigenvalue weighted by atomic mass is 9.93. The highest BCUT2D eigenvalue weighted by molar-refractivity contribution is 7.89. The highest BCUT2D eigenvalue weighted by Crippen LogP contribution is 2.54. The number of carbonyl (C=O) groups excluding carboxylic acids is 1. The summed E-state index contributed by atoms with van der Waals surface area (Å²) in [5, 5.41) is 20.5. The quantitative estimate of drug-likeness (QED) is 0.467. The molecular weight excluding hydrogens is 461 g/mol. The summed E-state index contributed by atoms with van der Waals surface area (Å²) in [6.07, 6.45) is 4.55. The fraction of sp³-hybridized carbons (Fsp3) is 0.478. The number of amides is 1. The van der Waals surface area contributed by atoms with E-state index in [9.17, 15) is 22.7 Å². The minimum Gasteiger partial charge on any atom is -0.394 e. The summed E-state index contributed by atoms with van der Waals surface area (Å²) >= 11 is 0. The summed E-state index contributed by atoms with van der Waals surface area (Å²) in [6, 6.07) is 6.50. The van der Waals surface area contributed by atoms with Crippen LogP contribution in [0.25, 0.3) is 0 Å². The van der Waals surface area contributed by atoms with E-state index in [1.807, 2.05) is 13.8 Å². The predicted molar refractivity (Wildman–Crippen MR) is 128 cm³/mol. The molecule has 1 saturated heterocycles. The Morgan fingerprint density at radius 3 is 2.47 bits per heavy atom. The number of pyridine rings is 1. The molecule has 5 N–H and O–H groups in total. The van der Waals surface area contributed by atoms with Gasteiger partial charge in [0.2, 0.25) is 10.0 Å². The van der Waals surface area contributed by atoms with Gasteiger partial charge in [0.25, 0.3) is 5.91 Å². The molecule has 2 aromatic rings. The summed E-state index contributed by atoms with van der Waals surface area (Å²) in [5.41, 5.74) is 0.235. The van der Waals surface area contributed by atoms with Gasteiger partial charge in [0.15, 0.2) is 0 Å². The van der Waals surface area contributed by atoms with Gasteiger partial charge in [0, 0.05) is 18.8 Å². The fourth-order valence-corrected chi connectivity index (χ4v) is 4.82. The Kier molecular flexibility index (Phi) is 6.30. The molecule has 11 heteroatoms. The van der Waals surface area contributed by atoms with E-state index in [1.165, 1.54) is 18.9 Å². The van der Waals surface area contributed by atoms with E-state index in [1.54, 1.807) is 12.1 Å². The number of halogens is 1. The lowest BCUT2D eigenvalue weighted by Gasteiger charge is -2.34. The molecule has 4 rings (SSSR count). The van der Waals surface area contributed by atoms with Gasteiger partial charge in [-0.1, -0.05) is 0 Å². The van der Waals surface area contributed by atoms with Crippen molar-refractivity contribution in [3.8, 4) is 0 Å². The largest absolute Gasteiger partial charge is 0.394 e. The van der Waals surface area contributed by atoms with Gasteiger partial charge < -0.3 is 20.6 Å². The first-order chi connectivity index (χ1) is 15.9. The van der Waals surface area contributed by atoms with Crippen molar-refractivity contribution in [1.82, 2.24) is 4.98 Å². The third-order valence-corrected chi connectivity index (χ3v) is 7.48. The number of hydrogen-bond acceptors (Lipinski definition) is 7. The van der Waals surface area contributed by atoms with Crippen LogP contribution in [0, 0.1) is 11.2 Å². The lowest BCUT2D eigenvalue weighted by Crippen LogP contribution is -2.38. The molecule has 0 radical (unpaired) electrons. The van der Waals surface area contributed by atoms with E-state index in [-0.39, 0.29) is 12.3 Å². The van der Waals surface area contributed by atoms with Crippen molar-refractivity contribution in [3.05, 3.63) is 41.7 Å². The molecule has 34 heavy (non-hydrogen) atoms. The van der Waals surface area contributed by atoms with Crippen molar-refractivity contribution in [2.45, 2.75) is 50.0 Å². The number of nitrogens with two attached hydrogens (primary N) is 1. The molecule has 1 aliphatic carbocycles. The van der Waals surface area contributed by atoms with Gasteiger partial charge in [-0.15, -0.1) is 0 Å². The van der Waals surface area contributed by atoms with Gasteiger partial charge >= 0.3 is 0 Å². The Labute approximate surface area is 198 Å². The van der Waals surface area contributed by atoms with Crippen molar-refractivity contribution in [1.29, 1.82) is 0 Å². The second-order valence-electron chi connectivity index (χ2n) is 9.87. The number of aliphatic hydroxyl groups is 1. The molecule has 1 amide bonds. The number of anilines is 3. The van der Waals surface area contributed by atoms with E-state index in [2.05, 4.69) is 15.5 Å². The third kappa shape index (κ3) is 5.31. The second-order valence-corrected chi connectivity index (χ2v) is 11.4.